The van der Waals surface area contributed by atoms with Crippen LogP contribution in [0, 0.1) is 5.82 Å². The molecular weight excluding hydrogens is 222 g/mol. The number of hydrogen-bond acceptors (Lipinski definition) is 2. The molecule has 0 saturated heterocycles. The molecule has 2 nitrogen and oxygen atoms in total. The third-order valence-electron chi connectivity index (χ3n) is 2.54. The molecule has 0 spiro atoms. The predicted molar refractivity (Wildman–Crippen MR) is 54.3 cm³/mol. The lowest BCUT2D eigenvalue weighted by Gasteiger charge is -2.16. The zero-order valence-electron chi connectivity index (χ0n) is 8.44. The van der Waals surface area contributed by atoms with E-state index in [9.17, 15) is 16.7 Å². The van der Waals surface area contributed by atoms with Gasteiger partial charge in [-0.2, -0.15) is 8.42 Å². The fourth-order valence-electron chi connectivity index (χ4n) is 1.28. The lowest BCUT2D eigenvalue weighted by Crippen LogP contribution is -2.20. The smallest absolute Gasteiger partial charge is 0.207 e. The molecule has 0 radical (unpaired) electrons. The van der Waals surface area contributed by atoms with E-state index in [1.54, 1.807) is 6.92 Å². The molecule has 0 bridgehead atoms. The largest absolute Gasteiger partial charge is 0.305 e. The van der Waals surface area contributed by atoms with Crippen molar-refractivity contribution in [2.24, 2.45) is 0 Å². The van der Waals surface area contributed by atoms with Crippen LogP contribution in [0.4, 0.5) is 8.28 Å². The molecule has 2 atom stereocenters. The van der Waals surface area contributed by atoms with Crippen molar-refractivity contribution in [2.75, 3.05) is 0 Å². The molecule has 84 valence electrons. The minimum atomic E-state index is -4.55. The first-order chi connectivity index (χ1) is 6.82. The Morgan fingerprint density at radius 1 is 1.13 bits per heavy atom. The molecule has 0 aliphatic carbocycles. The molecule has 0 fully saturated rings. The second-order valence-electron chi connectivity index (χ2n) is 3.52. The molecule has 0 unspecified atom stereocenters. The summed E-state index contributed by atoms with van der Waals surface area (Å²) in [7, 11) is -4.55. The van der Waals surface area contributed by atoms with E-state index in [4.69, 9.17) is 0 Å². The van der Waals surface area contributed by atoms with Crippen molar-refractivity contribution in [1.82, 2.24) is 0 Å². The minimum absolute atomic E-state index is 0.401. The summed E-state index contributed by atoms with van der Waals surface area (Å²) in [5, 5.41) is -1.12. The fourth-order valence-corrected chi connectivity index (χ4v) is 1.93. The van der Waals surface area contributed by atoms with E-state index >= 15 is 0 Å². The lowest BCUT2D eigenvalue weighted by molar-refractivity contribution is 0.525. The molecule has 0 aliphatic rings. The Morgan fingerprint density at radius 2 is 1.60 bits per heavy atom. The highest BCUT2D eigenvalue weighted by molar-refractivity contribution is 7.87. The Bertz CT molecular complexity index is 425. The highest BCUT2D eigenvalue weighted by Crippen LogP contribution is 2.24. The van der Waals surface area contributed by atoms with Gasteiger partial charge in [0.15, 0.2) is 0 Å². The fraction of sp³-hybridized carbons (Fsp3) is 0.400. The highest BCUT2D eigenvalue weighted by Gasteiger charge is 2.26. The van der Waals surface area contributed by atoms with Crippen molar-refractivity contribution >= 4 is 10.2 Å². The maximum atomic E-state index is 12.7. The van der Waals surface area contributed by atoms with Crippen molar-refractivity contribution in [3.63, 3.8) is 0 Å². The Balaban J connectivity index is 2.95. The SMILES string of the molecule is C[C@H](c1ccc(F)cc1)[C@H](C)S(=O)(=O)F. The van der Waals surface area contributed by atoms with Crippen molar-refractivity contribution in [3.8, 4) is 0 Å². The van der Waals surface area contributed by atoms with Crippen molar-refractivity contribution in [1.29, 1.82) is 0 Å². The number of benzene rings is 1. The zero-order valence-corrected chi connectivity index (χ0v) is 9.26. The molecule has 0 aliphatic heterocycles. The number of hydrogen-bond donors (Lipinski definition) is 0. The van der Waals surface area contributed by atoms with Crippen LogP contribution in [-0.2, 0) is 10.2 Å². The molecule has 0 amide bonds. The van der Waals surface area contributed by atoms with Gasteiger partial charge in [-0.1, -0.05) is 19.1 Å². The molecule has 0 saturated carbocycles. The van der Waals surface area contributed by atoms with E-state index in [0.29, 0.717) is 5.56 Å². The topological polar surface area (TPSA) is 34.1 Å². The minimum Gasteiger partial charge on any atom is -0.207 e. The lowest BCUT2D eigenvalue weighted by atomic mass is 9.98. The van der Waals surface area contributed by atoms with Gasteiger partial charge in [-0.3, -0.25) is 0 Å². The average molecular weight is 234 g/mol. The van der Waals surface area contributed by atoms with Crippen LogP contribution in [0.15, 0.2) is 24.3 Å². The van der Waals surface area contributed by atoms with Crippen LogP contribution in [-0.4, -0.2) is 13.7 Å². The van der Waals surface area contributed by atoms with Crippen LogP contribution in [0.3, 0.4) is 0 Å². The second-order valence-corrected chi connectivity index (χ2v) is 5.22. The summed E-state index contributed by atoms with van der Waals surface area (Å²) in [6.07, 6.45) is 0. The highest BCUT2D eigenvalue weighted by atomic mass is 32.3. The summed E-state index contributed by atoms with van der Waals surface area (Å²) >= 11 is 0. The molecular formula is C10H12F2O2S. The quantitative estimate of drug-likeness (QED) is 0.753. The molecule has 15 heavy (non-hydrogen) atoms. The van der Waals surface area contributed by atoms with E-state index in [1.807, 2.05) is 0 Å². The molecule has 0 aromatic heterocycles. The third-order valence-corrected chi connectivity index (χ3v) is 3.84. The average Bonchev–Trinajstić information content (AvgIpc) is 2.15. The number of rotatable bonds is 3. The third kappa shape index (κ3) is 2.99. The van der Waals surface area contributed by atoms with Gasteiger partial charge in [0.1, 0.15) is 5.82 Å². The Kier molecular flexibility index (Phi) is 3.44. The van der Waals surface area contributed by atoms with Crippen molar-refractivity contribution in [3.05, 3.63) is 35.6 Å². The van der Waals surface area contributed by atoms with Crippen molar-refractivity contribution in [2.45, 2.75) is 25.0 Å². The second kappa shape index (κ2) is 4.26. The van der Waals surface area contributed by atoms with Gasteiger partial charge in [-0.05, 0) is 24.6 Å². The standard InChI is InChI=1S/C10H12F2O2S/c1-7(8(2)15(12,13)14)9-3-5-10(11)6-4-9/h3-8H,1-2H3/t7-,8-/m0/s1. The monoisotopic (exact) mass is 234 g/mol. The molecule has 0 N–H and O–H groups in total. The van der Waals surface area contributed by atoms with E-state index < -0.39 is 27.2 Å². The summed E-state index contributed by atoms with van der Waals surface area (Å²) in [4.78, 5) is 0. The molecule has 1 aromatic carbocycles. The Hall–Kier alpha value is -0.970. The van der Waals surface area contributed by atoms with Gasteiger partial charge in [-0.25, -0.2) is 4.39 Å². The van der Waals surface area contributed by atoms with Crippen molar-refractivity contribution < 1.29 is 16.7 Å². The van der Waals surface area contributed by atoms with Gasteiger partial charge in [0.05, 0.1) is 5.25 Å². The Labute approximate surface area is 88.1 Å². The van der Waals surface area contributed by atoms with E-state index in [1.165, 1.54) is 31.2 Å². The molecule has 1 rings (SSSR count). The first kappa shape index (κ1) is 12.1. The van der Waals surface area contributed by atoms with E-state index in [2.05, 4.69) is 0 Å². The van der Waals surface area contributed by atoms with Gasteiger partial charge in [0.25, 0.3) is 0 Å². The van der Waals surface area contributed by atoms with Gasteiger partial charge < -0.3 is 0 Å². The summed E-state index contributed by atoms with van der Waals surface area (Å²) in [5.41, 5.74) is 0.602. The Morgan fingerprint density at radius 3 is 2.00 bits per heavy atom. The van der Waals surface area contributed by atoms with Crippen LogP contribution in [0.25, 0.3) is 0 Å². The maximum absolute atomic E-state index is 12.7. The number of halogens is 2. The first-order valence-electron chi connectivity index (χ1n) is 4.51. The van der Waals surface area contributed by atoms with Gasteiger partial charge in [0, 0.05) is 5.92 Å². The van der Waals surface area contributed by atoms with E-state index in [-0.39, 0.29) is 0 Å². The first-order valence-corrected chi connectivity index (χ1v) is 5.96. The normalized spacial score (nSPS) is 16.0. The zero-order chi connectivity index (χ0) is 11.6. The van der Waals surface area contributed by atoms with Gasteiger partial charge >= 0.3 is 10.2 Å². The van der Waals surface area contributed by atoms with Crippen LogP contribution in [0.5, 0.6) is 0 Å². The van der Waals surface area contributed by atoms with Gasteiger partial charge in [-0.15, -0.1) is 3.89 Å². The van der Waals surface area contributed by atoms with E-state index in [0.717, 1.165) is 0 Å². The van der Waals surface area contributed by atoms with Crippen LogP contribution >= 0.6 is 0 Å². The summed E-state index contributed by atoms with van der Waals surface area (Å²) in [6, 6.07) is 5.37. The molecule has 5 heteroatoms. The summed E-state index contributed by atoms with van der Waals surface area (Å²) in [5.74, 6) is -0.901. The summed E-state index contributed by atoms with van der Waals surface area (Å²) < 4.78 is 46.6. The van der Waals surface area contributed by atoms with Crippen LogP contribution < -0.4 is 0 Å². The summed E-state index contributed by atoms with van der Waals surface area (Å²) in [6.45, 7) is 2.89. The van der Waals surface area contributed by atoms with Gasteiger partial charge in [0.2, 0.25) is 0 Å². The predicted octanol–water partition coefficient (Wildman–Crippen LogP) is 2.62. The maximum Gasteiger partial charge on any atom is 0.305 e. The van der Waals surface area contributed by atoms with Crippen LogP contribution in [0.2, 0.25) is 0 Å². The van der Waals surface area contributed by atoms with Crippen LogP contribution in [0.1, 0.15) is 25.3 Å². The molecule has 0 heterocycles. The molecule has 1 aromatic rings.